The predicted octanol–water partition coefficient (Wildman–Crippen LogP) is 3.88. The molecule has 0 atom stereocenters. The van der Waals surface area contributed by atoms with Crippen LogP contribution in [-0.4, -0.2) is 32.5 Å². The number of nitrogens with zero attached hydrogens (tertiary/aromatic N) is 3. The molecule has 0 bridgehead atoms. The maximum absolute atomic E-state index is 11.7. The van der Waals surface area contributed by atoms with Gasteiger partial charge in [0.25, 0.3) is 0 Å². The van der Waals surface area contributed by atoms with Crippen molar-refractivity contribution in [3.63, 3.8) is 0 Å². The minimum Gasteiger partial charge on any atom is -0.351 e. The second-order valence-corrected chi connectivity index (χ2v) is 7.89. The summed E-state index contributed by atoms with van der Waals surface area (Å²) in [5.41, 5.74) is 8.83. The zero-order chi connectivity index (χ0) is 21.0. The van der Waals surface area contributed by atoms with Gasteiger partial charge in [0.05, 0.1) is 10.7 Å². The Labute approximate surface area is 177 Å². The predicted molar refractivity (Wildman–Crippen MR) is 114 cm³/mol. The van der Waals surface area contributed by atoms with Crippen molar-refractivity contribution in [1.29, 1.82) is 0 Å². The quantitative estimate of drug-likeness (QED) is 0.579. The van der Waals surface area contributed by atoms with Gasteiger partial charge in [-0.2, -0.15) is 0 Å². The van der Waals surface area contributed by atoms with Gasteiger partial charge in [-0.05, 0) is 43.2 Å². The van der Waals surface area contributed by atoms with Gasteiger partial charge in [0.2, 0.25) is 5.91 Å². The van der Waals surface area contributed by atoms with Gasteiger partial charge in [0.15, 0.2) is 11.0 Å². The molecule has 0 aliphatic heterocycles. The first kappa shape index (κ1) is 20.9. The zero-order valence-electron chi connectivity index (χ0n) is 16.0. The van der Waals surface area contributed by atoms with Crippen LogP contribution in [0.2, 0.25) is 5.02 Å². The minimum absolute atomic E-state index is 0.120. The normalized spacial score (nSPS) is 10.7. The van der Waals surface area contributed by atoms with Crippen LogP contribution in [-0.2, 0) is 4.79 Å². The number of aromatic nitrogens is 3. The number of hydrogen-bond donors (Lipinski definition) is 2. The van der Waals surface area contributed by atoms with E-state index < -0.39 is 11.9 Å². The average molecular weight is 430 g/mol. The van der Waals surface area contributed by atoms with E-state index in [2.05, 4.69) is 21.6 Å². The lowest BCUT2D eigenvalue weighted by atomic mass is 10.1. The lowest BCUT2D eigenvalue weighted by Gasteiger charge is -2.14. The van der Waals surface area contributed by atoms with E-state index >= 15 is 0 Å². The van der Waals surface area contributed by atoms with Crippen LogP contribution in [0.25, 0.3) is 17.1 Å². The number of thioether (sulfide) groups is 1. The van der Waals surface area contributed by atoms with E-state index in [0.29, 0.717) is 21.8 Å². The van der Waals surface area contributed by atoms with Crippen molar-refractivity contribution in [2.24, 2.45) is 5.73 Å². The molecule has 0 spiro atoms. The molecule has 0 aliphatic rings. The fraction of sp³-hybridized carbons (Fsp3) is 0.200. The van der Waals surface area contributed by atoms with Crippen LogP contribution < -0.4 is 11.1 Å². The Morgan fingerprint density at radius 3 is 2.66 bits per heavy atom. The Balaban J connectivity index is 1.99. The van der Waals surface area contributed by atoms with Crippen molar-refractivity contribution in [1.82, 2.24) is 20.1 Å². The van der Waals surface area contributed by atoms with Gasteiger partial charge < -0.3 is 5.73 Å². The van der Waals surface area contributed by atoms with Crippen molar-refractivity contribution in [3.8, 4) is 17.1 Å². The molecule has 150 valence electrons. The number of nitrogens with one attached hydrogen (secondary N) is 1. The summed E-state index contributed by atoms with van der Waals surface area (Å²) in [6.45, 7) is 4.03. The van der Waals surface area contributed by atoms with Crippen molar-refractivity contribution in [2.75, 3.05) is 5.75 Å². The van der Waals surface area contributed by atoms with Gasteiger partial charge in [-0.15, -0.1) is 10.2 Å². The number of amides is 3. The van der Waals surface area contributed by atoms with Crippen molar-refractivity contribution >= 4 is 35.3 Å². The van der Waals surface area contributed by atoms with E-state index in [9.17, 15) is 9.59 Å². The van der Waals surface area contributed by atoms with Crippen molar-refractivity contribution < 1.29 is 9.59 Å². The molecule has 0 aliphatic carbocycles. The van der Waals surface area contributed by atoms with Crippen LogP contribution in [0.1, 0.15) is 17.5 Å². The van der Waals surface area contributed by atoms with Crippen LogP contribution in [0.5, 0.6) is 0 Å². The van der Waals surface area contributed by atoms with Crippen molar-refractivity contribution in [2.45, 2.75) is 25.4 Å². The van der Waals surface area contributed by atoms with E-state index in [1.807, 2.05) is 48.7 Å². The van der Waals surface area contributed by atoms with Crippen LogP contribution in [0.15, 0.2) is 47.6 Å². The maximum atomic E-state index is 11.7. The molecule has 7 nitrogen and oxygen atoms in total. The van der Waals surface area contributed by atoms with Crippen LogP contribution in [0, 0.1) is 13.8 Å². The Morgan fingerprint density at radius 1 is 1.17 bits per heavy atom. The summed E-state index contributed by atoms with van der Waals surface area (Å²) in [5, 5.41) is 12.0. The summed E-state index contributed by atoms with van der Waals surface area (Å²) >= 11 is 7.77. The Morgan fingerprint density at radius 2 is 1.93 bits per heavy atom. The summed E-state index contributed by atoms with van der Waals surface area (Å²) in [5.74, 6) is 0.590. The second kappa shape index (κ2) is 9.11. The number of urea groups is 1. The Kier molecular flexibility index (Phi) is 6.56. The molecule has 2 aromatic carbocycles. The number of carbonyl (C=O) groups excluding carboxylic acids is 2. The fourth-order valence-electron chi connectivity index (χ4n) is 2.79. The SMILES string of the molecule is Cc1ccc(C)c(-n2c(SCCC(=O)NC(N)=O)nnc2-c2ccccc2Cl)c1. The monoisotopic (exact) mass is 429 g/mol. The van der Waals surface area contributed by atoms with Crippen LogP contribution >= 0.6 is 23.4 Å². The highest BCUT2D eigenvalue weighted by atomic mass is 35.5. The third-order valence-corrected chi connectivity index (χ3v) is 5.44. The van der Waals surface area contributed by atoms with Crippen LogP contribution in [0.3, 0.4) is 0 Å². The Bertz CT molecular complexity index is 1070. The molecule has 3 aromatic rings. The smallest absolute Gasteiger partial charge is 0.318 e. The third-order valence-electron chi connectivity index (χ3n) is 4.18. The highest BCUT2D eigenvalue weighted by molar-refractivity contribution is 7.99. The first-order valence-electron chi connectivity index (χ1n) is 8.87. The molecule has 1 heterocycles. The molecule has 1 aromatic heterocycles. The fourth-order valence-corrected chi connectivity index (χ4v) is 3.90. The molecule has 0 unspecified atom stereocenters. The van der Waals surface area contributed by atoms with E-state index in [0.717, 1.165) is 22.4 Å². The largest absolute Gasteiger partial charge is 0.351 e. The molecule has 0 saturated carbocycles. The lowest BCUT2D eigenvalue weighted by Crippen LogP contribution is -2.35. The first-order chi connectivity index (χ1) is 13.9. The molecule has 29 heavy (non-hydrogen) atoms. The number of primary amides is 1. The second-order valence-electron chi connectivity index (χ2n) is 6.42. The van der Waals surface area contributed by atoms with E-state index in [1.54, 1.807) is 6.07 Å². The number of nitrogens with two attached hydrogens (primary N) is 1. The standard InChI is InChI=1S/C20H20ClN5O2S/c1-12-7-8-13(2)16(11-12)26-18(14-5-3-4-6-15(14)21)24-25-20(26)29-10-9-17(27)23-19(22)28/h3-8,11H,9-10H2,1-2H3,(H3,22,23,27,28). The zero-order valence-corrected chi connectivity index (χ0v) is 17.5. The van der Waals surface area contributed by atoms with Gasteiger partial charge in [-0.1, -0.05) is 47.6 Å². The molecule has 3 N–H and O–H groups in total. The number of imide groups is 1. The summed E-state index contributed by atoms with van der Waals surface area (Å²) in [6.07, 6.45) is 0.120. The molecule has 9 heteroatoms. The molecule has 0 radical (unpaired) electrons. The maximum Gasteiger partial charge on any atom is 0.318 e. The topological polar surface area (TPSA) is 103 Å². The number of carbonyl (C=O) groups is 2. The molecular weight excluding hydrogens is 410 g/mol. The number of aryl methyl sites for hydroxylation is 2. The molecule has 3 amide bonds. The van der Waals surface area contributed by atoms with E-state index in [-0.39, 0.29) is 6.42 Å². The van der Waals surface area contributed by atoms with Crippen LogP contribution in [0.4, 0.5) is 4.79 Å². The van der Waals surface area contributed by atoms with Crippen molar-refractivity contribution in [3.05, 3.63) is 58.6 Å². The minimum atomic E-state index is -0.862. The van der Waals surface area contributed by atoms with Gasteiger partial charge in [-0.25, -0.2) is 4.79 Å². The summed E-state index contributed by atoms with van der Waals surface area (Å²) in [7, 11) is 0. The summed E-state index contributed by atoms with van der Waals surface area (Å²) in [4.78, 5) is 22.5. The number of halogens is 1. The first-order valence-corrected chi connectivity index (χ1v) is 10.2. The van der Waals surface area contributed by atoms with Gasteiger partial charge >= 0.3 is 6.03 Å². The molecule has 0 saturated heterocycles. The molecular formula is C20H20ClN5O2S. The molecule has 0 fully saturated rings. The highest BCUT2D eigenvalue weighted by Gasteiger charge is 2.19. The highest BCUT2D eigenvalue weighted by Crippen LogP contribution is 2.33. The van der Waals surface area contributed by atoms with E-state index in [1.165, 1.54) is 11.8 Å². The third kappa shape index (κ3) is 4.96. The van der Waals surface area contributed by atoms with E-state index in [4.69, 9.17) is 17.3 Å². The Hall–Kier alpha value is -2.84. The summed E-state index contributed by atoms with van der Waals surface area (Å²) in [6, 6.07) is 12.7. The lowest BCUT2D eigenvalue weighted by molar-refractivity contribution is -0.119. The number of rotatable bonds is 6. The van der Waals surface area contributed by atoms with Gasteiger partial charge in [0, 0.05) is 17.7 Å². The van der Waals surface area contributed by atoms with Gasteiger partial charge in [0.1, 0.15) is 0 Å². The number of hydrogen-bond acceptors (Lipinski definition) is 5. The summed E-state index contributed by atoms with van der Waals surface area (Å²) < 4.78 is 1.94. The molecule has 3 rings (SSSR count). The number of benzene rings is 2. The van der Waals surface area contributed by atoms with Gasteiger partial charge in [-0.3, -0.25) is 14.7 Å². The average Bonchev–Trinajstić information content (AvgIpc) is 3.07.